The molecule has 6 nitrogen and oxygen atoms in total. The Morgan fingerprint density at radius 3 is 2.50 bits per heavy atom. The lowest BCUT2D eigenvalue weighted by Crippen LogP contribution is -2.42. The van der Waals surface area contributed by atoms with E-state index in [4.69, 9.17) is 9.47 Å². The van der Waals surface area contributed by atoms with E-state index in [1.807, 2.05) is 0 Å². The molecule has 8 heteroatoms. The second-order valence-electron chi connectivity index (χ2n) is 4.36. The molecule has 0 radical (unpaired) electrons. The molecule has 0 unspecified atom stereocenters. The minimum Gasteiger partial charge on any atom is -0.419 e. The lowest BCUT2D eigenvalue weighted by atomic mass is 10.2. The Hall–Kier alpha value is -1.96. The zero-order valence-corrected chi connectivity index (χ0v) is 12.2. The van der Waals surface area contributed by atoms with Crippen LogP contribution in [-0.2, 0) is 19.1 Å². The molecule has 0 amide bonds. The van der Waals surface area contributed by atoms with Crippen molar-refractivity contribution < 1.29 is 23.5 Å². The molecule has 0 aromatic carbocycles. The van der Waals surface area contributed by atoms with Gasteiger partial charge in [0.05, 0.1) is 4.47 Å². The quantitative estimate of drug-likeness (QED) is 0.503. The molecule has 2 heterocycles. The number of cyclic esters (lactones) is 2. The van der Waals surface area contributed by atoms with Crippen molar-refractivity contribution in [2.24, 2.45) is 0 Å². The van der Waals surface area contributed by atoms with Crippen LogP contribution in [0.3, 0.4) is 0 Å². The fraction of sp³-hybridized carbons (Fsp3) is 0.250. The molecule has 1 aliphatic rings. The molecule has 106 valence electrons. The molecule has 1 aromatic heterocycles. The number of nitrogens with one attached hydrogen (secondary N) is 1. The van der Waals surface area contributed by atoms with E-state index in [1.165, 1.54) is 20.0 Å². The van der Waals surface area contributed by atoms with Crippen LogP contribution in [0.4, 0.5) is 10.2 Å². The number of ether oxygens (including phenoxy) is 2. The van der Waals surface area contributed by atoms with Gasteiger partial charge in [-0.3, -0.25) is 0 Å². The van der Waals surface area contributed by atoms with Gasteiger partial charge in [-0.2, -0.15) is 0 Å². The molecule has 1 saturated heterocycles. The van der Waals surface area contributed by atoms with Crippen LogP contribution in [0.5, 0.6) is 0 Å². The first-order valence-corrected chi connectivity index (χ1v) is 6.32. The third kappa shape index (κ3) is 3.13. The molecule has 0 bridgehead atoms. The summed E-state index contributed by atoms with van der Waals surface area (Å²) >= 11 is 2.96. The summed E-state index contributed by atoms with van der Waals surface area (Å²) in [7, 11) is 0. The maximum Gasteiger partial charge on any atom is 0.350 e. The number of hydrogen-bond donors (Lipinski definition) is 1. The first-order valence-electron chi connectivity index (χ1n) is 5.53. The van der Waals surface area contributed by atoms with Crippen molar-refractivity contribution in [1.82, 2.24) is 4.98 Å². The minimum atomic E-state index is -1.30. The number of hydrogen-bond acceptors (Lipinski definition) is 6. The van der Waals surface area contributed by atoms with Gasteiger partial charge in [-0.15, -0.1) is 0 Å². The maximum absolute atomic E-state index is 13.3. The van der Waals surface area contributed by atoms with Gasteiger partial charge in [-0.25, -0.2) is 19.0 Å². The summed E-state index contributed by atoms with van der Waals surface area (Å²) in [6, 6.07) is 1.10. The highest BCUT2D eigenvalue weighted by molar-refractivity contribution is 9.10. The fourth-order valence-corrected chi connectivity index (χ4v) is 1.63. The van der Waals surface area contributed by atoms with Gasteiger partial charge in [0.2, 0.25) is 0 Å². The number of halogens is 2. The topological polar surface area (TPSA) is 77.5 Å². The number of pyridine rings is 1. The first-order chi connectivity index (χ1) is 9.28. The van der Waals surface area contributed by atoms with E-state index in [9.17, 15) is 14.0 Å². The van der Waals surface area contributed by atoms with Crippen LogP contribution in [0.15, 0.2) is 28.5 Å². The predicted molar refractivity (Wildman–Crippen MR) is 69.9 cm³/mol. The van der Waals surface area contributed by atoms with E-state index in [2.05, 4.69) is 26.2 Å². The van der Waals surface area contributed by atoms with Crippen LogP contribution in [0.2, 0.25) is 0 Å². The molecule has 1 aliphatic heterocycles. The van der Waals surface area contributed by atoms with Gasteiger partial charge < -0.3 is 14.8 Å². The molecule has 0 aliphatic carbocycles. The van der Waals surface area contributed by atoms with Crippen LogP contribution in [0.1, 0.15) is 13.8 Å². The minimum absolute atomic E-state index is 0.128. The number of aromatic nitrogens is 1. The maximum atomic E-state index is 13.3. The van der Waals surface area contributed by atoms with Crippen LogP contribution in [0, 0.1) is 5.82 Å². The predicted octanol–water partition coefficient (Wildman–Crippen LogP) is 2.12. The molecule has 0 spiro atoms. The molecular formula is C12H10BrFN2O4. The molecule has 1 fully saturated rings. The third-order valence-electron chi connectivity index (χ3n) is 2.29. The summed E-state index contributed by atoms with van der Waals surface area (Å²) < 4.78 is 23.3. The highest BCUT2D eigenvalue weighted by Crippen LogP contribution is 2.23. The number of carbonyl (C=O) groups is 2. The van der Waals surface area contributed by atoms with Crippen molar-refractivity contribution in [3.8, 4) is 0 Å². The van der Waals surface area contributed by atoms with Gasteiger partial charge >= 0.3 is 11.9 Å². The molecule has 20 heavy (non-hydrogen) atoms. The molecule has 1 N–H and O–H groups in total. The summed E-state index contributed by atoms with van der Waals surface area (Å²) in [4.78, 5) is 27.1. The average molecular weight is 345 g/mol. The van der Waals surface area contributed by atoms with E-state index in [-0.39, 0.29) is 15.9 Å². The molecule has 0 atom stereocenters. The smallest absolute Gasteiger partial charge is 0.350 e. The van der Waals surface area contributed by atoms with Crippen molar-refractivity contribution in [1.29, 1.82) is 0 Å². The Bertz CT molecular complexity index is 593. The third-order valence-corrected chi connectivity index (χ3v) is 2.87. The Balaban J connectivity index is 2.17. The van der Waals surface area contributed by atoms with Gasteiger partial charge in [0.1, 0.15) is 11.6 Å². The Morgan fingerprint density at radius 1 is 1.35 bits per heavy atom. The first kappa shape index (κ1) is 14.4. The fourth-order valence-electron chi connectivity index (χ4n) is 1.42. The molecule has 2 rings (SSSR count). The van der Waals surface area contributed by atoms with Crippen LogP contribution in [-0.4, -0.2) is 22.7 Å². The van der Waals surface area contributed by atoms with Gasteiger partial charge in [0.25, 0.3) is 5.79 Å². The van der Waals surface area contributed by atoms with Crippen molar-refractivity contribution in [3.05, 3.63) is 34.3 Å². The Morgan fingerprint density at radius 2 is 1.95 bits per heavy atom. The number of nitrogens with zero attached hydrogens (tertiary/aromatic N) is 1. The summed E-state index contributed by atoms with van der Waals surface area (Å²) in [6.45, 7) is 2.89. The zero-order valence-electron chi connectivity index (χ0n) is 10.6. The van der Waals surface area contributed by atoms with Crippen molar-refractivity contribution >= 4 is 33.7 Å². The summed E-state index contributed by atoms with van der Waals surface area (Å²) in [5.41, 5.74) is -0.325. The number of esters is 2. The van der Waals surface area contributed by atoms with Gasteiger partial charge in [-0.05, 0) is 15.9 Å². The highest BCUT2D eigenvalue weighted by atomic mass is 79.9. The van der Waals surface area contributed by atoms with E-state index >= 15 is 0 Å². The number of rotatable bonds is 2. The second-order valence-corrected chi connectivity index (χ2v) is 5.22. The van der Waals surface area contributed by atoms with Crippen LogP contribution < -0.4 is 5.32 Å². The summed E-state index contributed by atoms with van der Waals surface area (Å²) in [5.74, 6) is -3.35. The Labute approximate surface area is 122 Å². The van der Waals surface area contributed by atoms with Gasteiger partial charge in [-0.1, -0.05) is 0 Å². The van der Waals surface area contributed by atoms with Crippen molar-refractivity contribution in [2.45, 2.75) is 19.6 Å². The van der Waals surface area contributed by atoms with Crippen molar-refractivity contribution in [3.63, 3.8) is 0 Å². The molecule has 0 saturated carbocycles. The van der Waals surface area contributed by atoms with Crippen molar-refractivity contribution in [2.75, 3.05) is 5.32 Å². The lowest BCUT2D eigenvalue weighted by molar-refractivity contribution is -0.222. The largest absolute Gasteiger partial charge is 0.419 e. The van der Waals surface area contributed by atoms with E-state index < -0.39 is 23.5 Å². The second kappa shape index (κ2) is 5.20. The van der Waals surface area contributed by atoms with Crippen LogP contribution in [0.25, 0.3) is 0 Å². The van der Waals surface area contributed by atoms with E-state index in [0.717, 1.165) is 12.3 Å². The number of anilines is 1. The normalized spacial score (nSPS) is 17.3. The van der Waals surface area contributed by atoms with E-state index in [1.54, 1.807) is 0 Å². The summed E-state index contributed by atoms with van der Waals surface area (Å²) in [5, 5.41) is 2.53. The summed E-state index contributed by atoms with van der Waals surface area (Å²) in [6.07, 6.45) is 2.31. The van der Waals surface area contributed by atoms with E-state index in [0.29, 0.717) is 0 Å². The lowest BCUT2D eigenvalue weighted by Gasteiger charge is -2.29. The van der Waals surface area contributed by atoms with Gasteiger partial charge in [0.15, 0.2) is 5.57 Å². The zero-order chi connectivity index (χ0) is 14.9. The SMILES string of the molecule is CC1(C)OC(=O)C(=CNc2cc(F)c(Br)cn2)C(=O)O1. The molecule has 1 aromatic rings. The monoisotopic (exact) mass is 344 g/mol. The molecular weight excluding hydrogens is 335 g/mol. The standard InChI is InChI=1S/C12H10BrFN2O4/c1-12(2)19-10(17)6(11(18)20-12)4-15-9-3-8(14)7(13)5-16-9/h3-5H,1-2H3,(H,15,16). The number of carbonyl (C=O) groups excluding carboxylic acids is 2. The average Bonchev–Trinajstić information content (AvgIpc) is 2.31. The highest BCUT2D eigenvalue weighted by Gasteiger charge is 2.38. The van der Waals surface area contributed by atoms with Gasteiger partial charge in [0, 0.05) is 32.3 Å². The Kier molecular flexibility index (Phi) is 3.76. The van der Waals surface area contributed by atoms with Crippen LogP contribution >= 0.6 is 15.9 Å².